The third kappa shape index (κ3) is 4.10. The summed E-state index contributed by atoms with van der Waals surface area (Å²) in [6.07, 6.45) is 10.9. The van der Waals surface area contributed by atoms with Crippen LogP contribution in [-0.4, -0.2) is 17.1 Å². The Morgan fingerprint density at radius 1 is 1.12 bits per heavy atom. The number of aromatic nitrogens is 1. The smallest absolute Gasteiger partial charge is 0.0718 e. The first-order chi connectivity index (χ1) is 8.29. The van der Waals surface area contributed by atoms with Gasteiger partial charge in [-0.05, 0) is 30.5 Å². The standard InChI is InChI=1S/C14H22N2O/c15-14(7-3-1-2-4-8-14)12-17-11-13-5-9-16-10-6-13/h5-6,9-10H,1-4,7-8,11-12,15H2. The summed E-state index contributed by atoms with van der Waals surface area (Å²) in [5.74, 6) is 0. The average molecular weight is 234 g/mol. The van der Waals surface area contributed by atoms with E-state index in [0.717, 1.165) is 18.4 Å². The number of rotatable bonds is 4. The van der Waals surface area contributed by atoms with Crippen molar-refractivity contribution >= 4 is 0 Å². The molecule has 3 nitrogen and oxygen atoms in total. The summed E-state index contributed by atoms with van der Waals surface area (Å²) in [6.45, 7) is 1.32. The molecule has 1 saturated carbocycles. The minimum Gasteiger partial charge on any atom is -0.375 e. The molecule has 0 saturated heterocycles. The van der Waals surface area contributed by atoms with Gasteiger partial charge in [0.1, 0.15) is 0 Å². The molecule has 0 atom stereocenters. The molecule has 1 heterocycles. The number of ether oxygens (including phenoxy) is 1. The fraction of sp³-hybridized carbons (Fsp3) is 0.643. The molecule has 1 aromatic rings. The van der Waals surface area contributed by atoms with E-state index in [0.29, 0.717) is 13.2 Å². The van der Waals surface area contributed by atoms with Gasteiger partial charge in [0.2, 0.25) is 0 Å². The minimum absolute atomic E-state index is 0.0937. The summed E-state index contributed by atoms with van der Waals surface area (Å²) in [6, 6.07) is 3.96. The quantitative estimate of drug-likeness (QED) is 0.815. The Hall–Kier alpha value is -0.930. The predicted octanol–water partition coefficient (Wildman–Crippen LogP) is 2.65. The number of pyridine rings is 1. The van der Waals surface area contributed by atoms with Crippen LogP contribution in [0.2, 0.25) is 0 Å². The van der Waals surface area contributed by atoms with E-state index in [1.807, 2.05) is 12.1 Å². The molecule has 3 heteroatoms. The highest BCUT2D eigenvalue weighted by Gasteiger charge is 2.26. The first-order valence-electron chi connectivity index (χ1n) is 6.54. The van der Waals surface area contributed by atoms with Crippen LogP contribution in [-0.2, 0) is 11.3 Å². The summed E-state index contributed by atoms with van der Waals surface area (Å²) in [4.78, 5) is 3.99. The summed E-state index contributed by atoms with van der Waals surface area (Å²) in [7, 11) is 0. The first kappa shape index (κ1) is 12.5. The molecule has 0 amide bonds. The molecule has 0 bridgehead atoms. The third-order valence-electron chi connectivity index (χ3n) is 3.51. The van der Waals surface area contributed by atoms with Crippen molar-refractivity contribution in [2.24, 2.45) is 5.73 Å². The van der Waals surface area contributed by atoms with Crippen molar-refractivity contribution in [3.05, 3.63) is 30.1 Å². The van der Waals surface area contributed by atoms with Gasteiger partial charge in [-0.3, -0.25) is 4.98 Å². The van der Waals surface area contributed by atoms with Crippen molar-refractivity contribution in [2.75, 3.05) is 6.61 Å². The fourth-order valence-electron chi connectivity index (χ4n) is 2.43. The number of hydrogen-bond donors (Lipinski definition) is 1. The molecule has 1 aromatic heterocycles. The number of nitrogens with two attached hydrogens (primary N) is 1. The van der Waals surface area contributed by atoms with Crippen molar-refractivity contribution < 1.29 is 4.74 Å². The van der Waals surface area contributed by atoms with Crippen molar-refractivity contribution in [3.8, 4) is 0 Å². The number of hydrogen-bond acceptors (Lipinski definition) is 3. The zero-order valence-corrected chi connectivity index (χ0v) is 10.4. The van der Waals surface area contributed by atoms with Crippen molar-refractivity contribution in [1.82, 2.24) is 4.98 Å². The highest BCUT2D eigenvalue weighted by Crippen LogP contribution is 2.25. The molecule has 1 aliphatic rings. The van der Waals surface area contributed by atoms with Crippen LogP contribution in [0.25, 0.3) is 0 Å². The Kier molecular flexibility index (Phi) is 4.51. The number of nitrogens with zero attached hydrogens (tertiary/aromatic N) is 1. The van der Waals surface area contributed by atoms with E-state index in [9.17, 15) is 0 Å². The van der Waals surface area contributed by atoms with E-state index in [4.69, 9.17) is 10.5 Å². The maximum absolute atomic E-state index is 6.39. The lowest BCUT2D eigenvalue weighted by molar-refractivity contribution is 0.0667. The van der Waals surface area contributed by atoms with Crippen LogP contribution in [0.15, 0.2) is 24.5 Å². The van der Waals surface area contributed by atoms with Crippen LogP contribution in [0.5, 0.6) is 0 Å². The second-order valence-electron chi connectivity index (χ2n) is 5.12. The van der Waals surface area contributed by atoms with E-state index in [-0.39, 0.29) is 5.54 Å². The molecule has 0 aromatic carbocycles. The Balaban J connectivity index is 1.77. The summed E-state index contributed by atoms with van der Waals surface area (Å²) in [5, 5.41) is 0. The molecule has 2 N–H and O–H groups in total. The lowest BCUT2D eigenvalue weighted by atomic mass is 9.93. The van der Waals surface area contributed by atoms with Crippen LogP contribution in [0, 0.1) is 0 Å². The molecule has 94 valence electrons. The van der Waals surface area contributed by atoms with Gasteiger partial charge in [-0.1, -0.05) is 25.7 Å². The fourth-order valence-corrected chi connectivity index (χ4v) is 2.43. The summed E-state index contributed by atoms with van der Waals surface area (Å²) >= 11 is 0. The third-order valence-corrected chi connectivity index (χ3v) is 3.51. The van der Waals surface area contributed by atoms with Crippen LogP contribution in [0.3, 0.4) is 0 Å². The van der Waals surface area contributed by atoms with E-state index in [1.165, 1.54) is 25.7 Å². The molecule has 0 aliphatic heterocycles. The van der Waals surface area contributed by atoms with Crippen molar-refractivity contribution in [3.63, 3.8) is 0 Å². The monoisotopic (exact) mass is 234 g/mol. The molecule has 0 spiro atoms. The maximum Gasteiger partial charge on any atom is 0.0718 e. The van der Waals surface area contributed by atoms with Crippen LogP contribution in [0.1, 0.15) is 44.1 Å². The van der Waals surface area contributed by atoms with Gasteiger partial charge in [0.05, 0.1) is 13.2 Å². The van der Waals surface area contributed by atoms with Crippen LogP contribution < -0.4 is 5.73 Å². The molecular formula is C14H22N2O. The summed E-state index contributed by atoms with van der Waals surface area (Å²) in [5.41, 5.74) is 7.46. The van der Waals surface area contributed by atoms with Gasteiger partial charge < -0.3 is 10.5 Å². The Morgan fingerprint density at radius 2 is 1.76 bits per heavy atom. The van der Waals surface area contributed by atoms with Crippen molar-refractivity contribution in [2.45, 2.75) is 50.7 Å². The van der Waals surface area contributed by atoms with Gasteiger partial charge in [-0.25, -0.2) is 0 Å². The van der Waals surface area contributed by atoms with Gasteiger partial charge in [-0.2, -0.15) is 0 Å². The molecule has 2 rings (SSSR count). The van der Waals surface area contributed by atoms with Gasteiger partial charge in [0.25, 0.3) is 0 Å². The second-order valence-corrected chi connectivity index (χ2v) is 5.12. The molecule has 1 aliphatic carbocycles. The molecular weight excluding hydrogens is 212 g/mol. The zero-order chi connectivity index (χ0) is 12.0. The van der Waals surface area contributed by atoms with E-state index in [2.05, 4.69) is 4.98 Å². The first-order valence-corrected chi connectivity index (χ1v) is 6.54. The predicted molar refractivity (Wildman–Crippen MR) is 68.5 cm³/mol. The van der Waals surface area contributed by atoms with Crippen molar-refractivity contribution in [1.29, 1.82) is 0 Å². The van der Waals surface area contributed by atoms with Gasteiger partial charge >= 0.3 is 0 Å². The minimum atomic E-state index is -0.0937. The Labute approximate surface area is 103 Å². The highest BCUT2D eigenvalue weighted by molar-refractivity contribution is 5.08. The molecule has 17 heavy (non-hydrogen) atoms. The average Bonchev–Trinajstić information content (AvgIpc) is 2.56. The maximum atomic E-state index is 6.39. The summed E-state index contributed by atoms with van der Waals surface area (Å²) < 4.78 is 5.76. The van der Waals surface area contributed by atoms with E-state index in [1.54, 1.807) is 12.4 Å². The van der Waals surface area contributed by atoms with E-state index >= 15 is 0 Å². The topological polar surface area (TPSA) is 48.1 Å². The normalized spacial score (nSPS) is 19.8. The highest BCUT2D eigenvalue weighted by atomic mass is 16.5. The largest absolute Gasteiger partial charge is 0.375 e. The van der Waals surface area contributed by atoms with Gasteiger partial charge in [-0.15, -0.1) is 0 Å². The van der Waals surface area contributed by atoms with E-state index < -0.39 is 0 Å². The van der Waals surface area contributed by atoms with Crippen LogP contribution in [0.4, 0.5) is 0 Å². The lowest BCUT2D eigenvalue weighted by Gasteiger charge is -2.27. The Bertz CT molecular complexity index is 318. The molecule has 0 radical (unpaired) electrons. The zero-order valence-electron chi connectivity index (χ0n) is 10.4. The lowest BCUT2D eigenvalue weighted by Crippen LogP contribution is -2.43. The Morgan fingerprint density at radius 3 is 2.41 bits per heavy atom. The SMILES string of the molecule is NC1(COCc2ccncc2)CCCCCC1. The van der Waals surface area contributed by atoms with Crippen LogP contribution >= 0.6 is 0 Å². The van der Waals surface area contributed by atoms with Gasteiger partial charge in [0.15, 0.2) is 0 Å². The van der Waals surface area contributed by atoms with Gasteiger partial charge in [0, 0.05) is 17.9 Å². The second kappa shape index (κ2) is 6.12. The molecule has 0 unspecified atom stereocenters. The molecule has 1 fully saturated rings.